The van der Waals surface area contributed by atoms with Gasteiger partial charge in [0.05, 0.1) is 11.9 Å². The first-order valence-electron chi connectivity index (χ1n) is 8.58. The first kappa shape index (κ1) is 16.8. The Kier molecular flexibility index (Phi) is 4.53. The number of aromatic nitrogens is 3. The number of benzene rings is 2. The first-order chi connectivity index (χ1) is 13.2. The van der Waals surface area contributed by atoms with Gasteiger partial charge in [-0.2, -0.15) is 0 Å². The lowest BCUT2D eigenvalue weighted by Gasteiger charge is -2.13. The fraction of sp³-hybridized carbons (Fsp3) is 0.0952. The summed E-state index contributed by atoms with van der Waals surface area (Å²) >= 11 is 0. The van der Waals surface area contributed by atoms with Crippen molar-refractivity contribution in [3.8, 4) is 17.0 Å². The van der Waals surface area contributed by atoms with Crippen LogP contribution in [-0.4, -0.2) is 20.4 Å². The zero-order chi connectivity index (χ0) is 18.6. The van der Waals surface area contributed by atoms with Crippen LogP contribution >= 0.6 is 0 Å². The summed E-state index contributed by atoms with van der Waals surface area (Å²) in [5.74, 6) is 1.44. The molecule has 134 valence electrons. The smallest absolute Gasteiger partial charge is 0.251 e. The van der Waals surface area contributed by atoms with E-state index in [1.807, 2.05) is 54.1 Å². The SMILES string of the molecule is Cc1nccn1-c1ccccc1CNC(=O)c1ccc(-c2cnco2)cc1. The number of carbonyl (C=O) groups is 1. The molecular formula is C21H18N4O2. The quantitative estimate of drug-likeness (QED) is 0.589. The number of para-hydroxylation sites is 1. The molecule has 0 radical (unpaired) electrons. The van der Waals surface area contributed by atoms with Gasteiger partial charge in [-0.1, -0.05) is 30.3 Å². The van der Waals surface area contributed by atoms with Crippen LogP contribution in [0.3, 0.4) is 0 Å². The molecule has 4 rings (SSSR count). The molecule has 0 atom stereocenters. The van der Waals surface area contributed by atoms with E-state index in [4.69, 9.17) is 4.42 Å². The Morgan fingerprint density at radius 1 is 1.15 bits per heavy atom. The molecule has 0 spiro atoms. The zero-order valence-electron chi connectivity index (χ0n) is 14.8. The number of aryl methyl sites for hydroxylation is 1. The largest absolute Gasteiger partial charge is 0.444 e. The van der Waals surface area contributed by atoms with E-state index in [2.05, 4.69) is 15.3 Å². The van der Waals surface area contributed by atoms with Crippen LogP contribution in [0.15, 0.2) is 77.9 Å². The fourth-order valence-electron chi connectivity index (χ4n) is 2.95. The van der Waals surface area contributed by atoms with E-state index in [0.717, 1.165) is 22.6 Å². The molecule has 0 saturated heterocycles. The number of hydrogen-bond acceptors (Lipinski definition) is 4. The number of imidazole rings is 1. The van der Waals surface area contributed by atoms with Crippen molar-refractivity contribution in [2.24, 2.45) is 0 Å². The molecule has 2 aromatic heterocycles. The first-order valence-corrected chi connectivity index (χ1v) is 8.58. The number of amides is 1. The summed E-state index contributed by atoms with van der Waals surface area (Å²) in [6.45, 7) is 2.38. The van der Waals surface area contributed by atoms with E-state index in [-0.39, 0.29) is 5.91 Å². The minimum atomic E-state index is -0.128. The van der Waals surface area contributed by atoms with Crippen LogP contribution < -0.4 is 5.32 Å². The van der Waals surface area contributed by atoms with Gasteiger partial charge in [-0.05, 0) is 30.7 Å². The summed E-state index contributed by atoms with van der Waals surface area (Å²) < 4.78 is 7.27. The van der Waals surface area contributed by atoms with Crippen molar-refractivity contribution >= 4 is 5.91 Å². The van der Waals surface area contributed by atoms with Crippen molar-refractivity contribution in [2.45, 2.75) is 13.5 Å². The number of rotatable bonds is 5. The van der Waals surface area contributed by atoms with Gasteiger partial charge in [0.15, 0.2) is 12.2 Å². The van der Waals surface area contributed by atoms with Crippen molar-refractivity contribution in [1.29, 1.82) is 0 Å². The van der Waals surface area contributed by atoms with Gasteiger partial charge in [0.1, 0.15) is 5.82 Å². The summed E-state index contributed by atoms with van der Waals surface area (Å²) in [6.07, 6.45) is 6.71. The predicted molar refractivity (Wildman–Crippen MR) is 101 cm³/mol. The molecule has 0 bridgehead atoms. The van der Waals surface area contributed by atoms with Crippen LogP contribution in [0.1, 0.15) is 21.7 Å². The average molecular weight is 358 g/mol. The van der Waals surface area contributed by atoms with E-state index < -0.39 is 0 Å². The zero-order valence-corrected chi connectivity index (χ0v) is 14.8. The van der Waals surface area contributed by atoms with E-state index in [1.54, 1.807) is 24.5 Å². The minimum Gasteiger partial charge on any atom is -0.444 e. The van der Waals surface area contributed by atoms with Crippen LogP contribution in [0.4, 0.5) is 0 Å². The maximum atomic E-state index is 12.5. The maximum Gasteiger partial charge on any atom is 0.251 e. The third-order valence-electron chi connectivity index (χ3n) is 4.38. The summed E-state index contributed by atoms with van der Waals surface area (Å²) in [7, 11) is 0. The molecule has 6 nitrogen and oxygen atoms in total. The molecule has 4 aromatic rings. The molecule has 2 heterocycles. The second kappa shape index (κ2) is 7.29. The fourth-order valence-corrected chi connectivity index (χ4v) is 2.95. The molecule has 0 unspecified atom stereocenters. The predicted octanol–water partition coefficient (Wildman–Crippen LogP) is 3.77. The number of nitrogens with zero attached hydrogens (tertiary/aromatic N) is 3. The lowest BCUT2D eigenvalue weighted by atomic mass is 10.1. The summed E-state index contributed by atoms with van der Waals surface area (Å²) in [5.41, 5.74) is 3.50. The van der Waals surface area contributed by atoms with Crippen LogP contribution in [-0.2, 0) is 6.54 Å². The maximum absolute atomic E-state index is 12.5. The van der Waals surface area contributed by atoms with Crippen molar-refractivity contribution in [2.75, 3.05) is 0 Å². The van der Waals surface area contributed by atoms with Crippen LogP contribution in [0.5, 0.6) is 0 Å². The Labute approximate surface area is 156 Å². The van der Waals surface area contributed by atoms with E-state index in [1.165, 1.54) is 6.39 Å². The Balaban J connectivity index is 1.48. The molecule has 0 aliphatic carbocycles. The van der Waals surface area contributed by atoms with Crippen molar-refractivity contribution in [3.63, 3.8) is 0 Å². The summed E-state index contributed by atoms with van der Waals surface area (Å²) in [5, 5.41) is 2.98. The number of carbonyl (C=O) groups excluding carboxylic acids is 1. The van der Waals surface area contributed by atoms with Crippen molar-refractivity contribution < 1.29 is 9.21 Å². The molecule has 0 aliphatic rings. The topological polar surface area (TPSA) is 73.0 Å². The van der Waals surface area contributed by atoms with Crippen LogP contribution in [0.25, 0.3) is 17.0 Å². The third kappa shape index (κ3) is 3.50. The molecule has 27 heavy (non-hydrogen) atoms. The number of oxazole rings is 1. The highest BCUT2D eigenvalue weighted by molar-refractivity contribution is 5.94. The molecule has 2 aromatic carbocycles. The molecule has 0 aliphatic heterocycles. The highest BCUT2D eigenvalue weighted by Gasteiger charge is 2.10. The van der Waals surface area contributed by atoms with Gasteiger partial charge in [-0.25, -0.2) is 9.97 Å². The Hall–Kier alpha value is -3.67. The van der Waals surface area contributed by atoms with E-state index >= 15 is 0 Å². The number of nitrogens with one attached hydrogen (secondary N) is 1. The summed E-state index contributed by atoms with van der Waals surface area (Å²) in [6, 6.07) is 15.2. The summed E-state index contributed by atoms with van der Waals surface area (Å²) in [4.78, 5) is 20.7. The lowest BCUT2D eigenvalue weighted by molar-refractivity contribution is 0.0951. The Morgan fingerprint density at radius 2 is 1.96 bits per heavy atom. The van der Waals surface area contributed by atoms with Gasteiger partial charge < -0.3 is 14.3 Å². The molecule has 0 saturated carbocycles. The Bertz CT molecular complexity index is 1050. The van der Waals surface area contributed by atoms with Gasteiger partial charge in [-0.15, -0.1) is 0 Å². The third-order valence-corrected chi connectivity index (χ3v) is 4.38. The van der Waals surface area contributed by atoms with Gasteiger partial charge in [0.2, 0.25) is 0 Å². The monoisotopic (exact) mass is 358 g/mol. The van der Waals surface area contributed by atoms with E-state index in [0.29, 0.717) is 17.9 Å². The number of hydrogen-bond donors (Lipinski definition) is 1. The second-order valence-corrected chi connectivity index (χ2v) is 6.10. The normalized spacial score (nSPS) is 10.7. The highest BCUT2D eigenvalue weighted by Crippen LogP contribution is 2.19. The standard InChI is InChI=1S/C21H18N4O2/c1-15-23-10-11-25(15)19-5-3-2-4-18(19)12-24-21(26)17-8-6-16(7-9-17)20-13-22-14-27-20/h2-11,13-14H,12H2,1H3,(H,24,26). The van der Waals surface area contributed by atoms with Crippen molar-refractivity contribution in [3.05, 3.63) is 90.5 Å². The second-order valence-electron chi connectivity index (χ2n) is 6.10. The van der Waals surface area contributed by atoms with Crippen LogP contribution in [0.2, 0.25) is 0 Å². The van der Waals surface area contributed by atoms with Crippen LogP contribution in [0, 0.1) is 6.92 Å². The molecule has 6 heteroatoms. The van der Waals surface area contributed by atoms with Gasteiger partial charge in [0, 0.05) is 30.1 Å². The highest BCUT2D eigenvalue weighted by atomic mass is 16.3. The molecular weight excluding hydrogens is 340 g/mol. The minimum absolute atomic E-state index is 0.128. The molecule has 1 amide bonds. The average Bonchev–Trinajstić information content (AvgIpc) is 3.38. The Morgan fingerprint density at radius 3 is 2.67 bits per heavy atom. The molecule has 1 N–H and O–H groups in total. The molecule has 0 fully saturated rings. The van der Waals surface area contributed by atoms with Gasteiger partial charge in [-0.3, -0.25) is 4.79 Å². The van der Waals surface area contributed by atoms with E-state index in [9.17, 15) is 4.79 Å². The van der Waals surface area contributed by atoms with Crippen molar-refractivity contribution in [1.82, 2.24) is 19.9 Å². The van der Waals surface area contributed by atoms with Gasteiger partial charge in [0.25, 0.3) is 5.91 Å². The lowest BCUT2D eigenvalue weighted by Crippen LogP contribution is -2.23. The van der Waals surface area contributed by atoms with Gasteiger partial charge >= 0.3 is 0 Å².